The second-order valence-corrected chi connectivity index (χ2v) is 13.2. The monoisotopic (exact) mass is 600 g/mol. The van der Waals surface area contributed by atoms with Gasteiger partial charge in [-0.15, -0.1) is 0 Å². The molecule has 0 radical (unpaired) electrons. The lowest BCUT2D eigenvalue weighted by atomic mass is 9.52. The largest absolute Gasteiger partial charge is 0.504 e. The van der Waals surface area contributed by atoms with Gasteiger partial charge in [-0.2, -0.15) is 0 Å². The van der Waals surface area contributed by atoms with Crippen LogP contribution in [0.15, 0.2) is 91.0 Å². The fourth-order valence-corrected chi connectivity index (χ4v) is 8.81. The lowest BCUT2D eigenvalue weighted by molar-refractivity contribution is -0.0244. The number of hydrogen-bond acceptors (Lipinski definition) is 6. The minimum Gasteiger partial charge on any atom is -0.504 e. The molecule has 4 aromatic carbocycles. The van der Waals surface area contributed by atoms with Crippen LogP contribution >= 0.6 is 0 Å². The maximum atomic E-state index is 14.5. The van der Waals surface area contributed by atoms with Gasteiger partial charge in [0.2, 0.25) is 0 Å². The van der Waals surface area contributed by atoms with E-state index >= 15 is 0 Å². The van der Waals surface area contributed by atoms with E-state index in [0.29, 0.717) is 53.5 Å². The molecule has 0 spiro atoms. The molecule has 3 N–H and O–H groups in total. The molecule has 1 unspecified atom stereocenters. The lowest BCUT2D eigenvalue weighted by Crippen LogP contribution is -2.46. The molecule has 3 aliphatic carbocycles. The number of benzene rings is 4. The predicted molar refractivity (Wildman–Crippen MR) is 170 cm³/mol. The average Bonchev–Trinajstić information content (AvgIpc) is 3.39. The summed E-state index contributed by atoms with van der Waals surface area (Å²) in [6.45, 7) is 2.13. The minimum atomic E-state index is -0.847. The Morgan fingerprint density at radius 3 is 1.69 bits per heavy atom. The Bertz CT molecular complexity index is 1800. The van der Waals surface area contributed by atoms with Gasteiger partial charge < -0.3 is 15.3 Å². The number of aliphatic hydroxyl groups excluding tert-OH is 1. The van der Waals surface area contributed by atoms with Gasteiger partial charge in [0.05, 0.1) is 17.2 Å². The first-order valence-corrected chi connectivity index (χ1v) is 15.8. The summed E-state index contributed by atoms with van der Waals surface area (Å²) in [4.78, 5) is 43.2. The van der Waals surface area contributed by atoms with E-state index in [9.17, 15) is 29.7 Å². The average molecular weight is 601 g/mol. The summed E-state index contributed by atoms with van der Waals surface area (Å²) in [5.74, 6) is -3.57. The summed E-state index contributed by atoms with van der Waals surface area (Å²) in [5.41, 5.74) is 1.46. The predicted octanol–water partition coefficient (Wildman–Crippen LogP) is 7.20. The van der Waals surface area contributed by atoms with Crippen LogP contribution in [0.1, 0.15) is 104 Å². The minimum absolute atomic E-state index is 0.0407. The van der Waals surface area contributed by atoms with E-state index in [1.54, 1.807) is 84.9 Å². The van der Waals surface area contributed by atoms with Crippen LogP contribution in [0.5, 0.6) is 11.5 Å². The number of rotatable bonds is 6. The van der Waals surface area contributed by atoms with Crippen molar-refractivity contribution in [3.05, 3.63) is 130 Å². The van der Waals surface area contributed by atoms with Crippen LogP contribution in [0.25, 0.3) is 0 Å². The Morgan fingerprint density at radius 2 is 1.16 bits per heavy atom. The summed E-state index contributed by atoms with van der Waals surface area (Å²) in [5, 5.41) is 34.5. The molecule has 0 amide bonds. The Labute approximate surface area is 262 Å². The van der Waals surface area contributed by atoms with Gasteiger partial charge in [-0.3, -0.25) is 14.4 Å². The highest BCUT2D eigenvalue weighted by molar-refractivity contribution is 6.18. The Morgan fingerprint density at radius 1 is 0.667 bits per heavy atom. The van der Waals surface area contributed by atoms with Gasteiger partial charge >= 0.3 is 0 Å². The Balaban J connectivity index is 1.54. The van der Waals surface area contributed by atoms with Crippen molar-refractivity contribution in [2.45, 2.75) is 57.0 Å². The Hall–Kier alpha value is -4.55. The molecule has 7 rings (SSSR count). The van der Waals surface area contributed by atoms with Gasteiger partial charge in [-0.05, 0) is 66.4 Å². The number of aromatic hydroxyl groups is 2. The van der Waals surface area contributed by atoms with Crippen molar-refractivity contribution >= 4 is 17.3 Å². The van der Waals surface area contributed by atoms with Crippen LogP contribution in [0.2, 0.25) is 0 Å². The molecule has 45 heavy (non-hydrogen) atoms. The summed E-state index contributed by atoms with van der Waals surface area (Å²) in [7, 11) is 0. The third-order valence-corrected chi connectivity index (χ3v) is 11.0. The summed E-state index contributed by atoms with van der Waals surface area (Å²) < 4.78 is 0. The van der Waals surface area contributed by atoms with Crippen LogP contribution in [-0.4, -0.2) is 38.8 Å². The molecule has 0 heterocycles. The molecule has 0 aliphatic heterocycles. The number of phenolic OH excluding ortho intramolecular Hbond substituents is 2. The van der Waals surface area contributed by atoms with Crippen molar-refractivity contribution in [2.24, 2.45) is 17.3 Å². The van der Waals surface area contributed by atoms with E-state index in [1.165, 1.54) is 0 Å². The van der Waals surface area contributed by atoms with Gasteiger partial charge in [0.1, 0.15) is 0 Å². The zero-order chi connectivity index (χ0) is 31.5. The summed E-state index contributed by atoms with van der Waals surface area (Å²) in [6.07, 6.45) is 2.75. The fourth-order valence-electron chi connectivity index (χ4n) is 8.81. The second-order valence-electron chi connectivity index (χ2n) is 13.2. The number of aliphatic hydroxyl groups is 1. The van der Waals surface area contributed by atoms with Crippen LogP contribution in [0.3, 0.4) is 0 Å². The molecule has 2 saturated carbocycles. The molecular weight excluding hydrogens is 564 g/mol. The van der Waals surface area contributed by atoms with E-state index in [4.69, 9.17) is 0 Å². The number of ketones is 3. The molecule has 4 aromatic rings. The first-order valence-electron chi connectivity index (χ1n) is 15.8. The standard InChI is InChI=1S/C39H36O6/c1-39-20-19-25-26(28(39)17-18-29(39)40)21-27(34(41)22-11-5-2-6-12-22)31-30(25)32(35(42)23-13-7-3-8-14-23)37(44)38(45)33(31)36(43)24-15-9-4-10-16-24/h2-16,25-29,40,44-45H,17-21H2,1H3/t25-,26+,27?,28-,29-,39-/m0/s1. The summed E-state index contributed by atoms with van der Waals surface area (Å²) in [6, 6.07) is 26.0. The number of phenols is 2. The molecule has 0 bridgehead atoms. The van der Waals surface area contributed by atoms with Crippen molar-refractivity contribution in [1.29, 1.82) is 0 Å². The number of Topliss-reactive ketones (excluding diaryl/α,β-unsaturated/α-hetero) is 1. The van der Waals surface area contributed by atoms with Crippen molar-refractivity contribution in [3.8, 4) is 11.5 Å². The smallest absolute Gasteiger partial charge is 0.197 e. The molecule has 0 aromatic heterocycles. The van der Waals surface area contributed by atoms with Gasteiger partial charge in [0.25, 0.3) is 0 Å². The molecule has 2 fully saturated rings. The van der Waals surface area contributed by atoms with E-state index in [-0.39, 0.29) is 40.1 Å². The van der Waals surface area contributed by atoms with Gasteiger partial charge in [0, 0.05) is 22.6 Å². The maximum absolute atomic E-state index is 14.5. The highest BCUT2D eigenvalue weighted by atomic mass is 16.3. The number of hydrogen-bond donors (Lipinski definition) is 3. The van der Waals surface area contributed by atoms with E-state index in [2.05, 4.69) is 6.92 Å². The zero-order valence-corrected chi connectivity index (χ0v) is 25.1. The van der Waals surface area contributed by atoms with Gasteiger partial charge in [-0.1, -0.05) is 97.9 Å². The zero-order valence-electron chi connectivity index (χ0n) is 25.1. The molecule has 0 saturated heterocycles. The van der Waals surface area contributed by atoms with Crippen LogP contribution < -0.4 is 0 Å². The molecule has 6 atom stereocenters. The molecule has 6 nitrogen and oxygen atoms in total. The third kappa shape index (κ3) is 4.54. The fraction of sp³-hybridized carbons (Fsp3) is 0.308. The van der Waals surface area contributed by atoms with Crippen LogP contribution in [-0.2, 0) is 0 Å². The van der Waals surface area contributed by atoms with Crippen LogP contribution in [0.4, 0.5) is 0 Å². The molecule has 3 aliphatic rings. The van der Waals surface area contributed by atoms with Crippen molar-refractivity contribution in [1.82, 2.24) is 0 Å². The van der Waals surface area contributed by atoms with Gasteiger partial charge in [0.15, 0.2) is 28.8 Å². The molecular formula is C39H36O6. The number of carbonyl (C=O) groups is 3. The van der Waals surface area contributed by atoms with Gasteiger partial charge in [-0.25, -0.2) is 0 Å². The van der Waals surface area contributed by atoms with Crippen molar-refractivity contribution in [3.63, 3.8) is 0 Å². The Kier molecular flexibility index (Phi) is 7.20. The quantitative estimate of drug-likeness (QED) is 0.159. The topological polar surface area (TPSA) is 112 Å². The maximum Gasteiger partial charge on any atom is 0.197 e. The van der Waals surface area contributed by atoms with Crippen molar-refractivity contribution in [2.75, 3.05) is 0 Å². The number of fused-ring (bicyclic) bond motifs is 5. The van der Waals surface area contributed by atoms with E-state index in [1.807, 2.05) is 6.07 Å². The summed E-state index contributed by atoms with van der Waals surface area (Å²) >= 11 is 0. The normalized spacial score (nSPS) is 26.8. The second kappa shape index (κ2) is 11.1. The van der Waals surface area contributed by atoms with E-state index < -0.39 is 35.1 Å². The molecule has 6 heteroatoms. The SMILES string of the molecule is C[C@]12CC[C@@H]3c4c(C(=O)c5ccccc5)c(O)c(O)c(C(=O)c5ccccc5)c4C(C(=O)c4ccccc4)C[C@H]3[C@@H]1CC[C@@H]2O. The third-order valence-electron chi connectivity index (χ3n) is 11.0. The van der Waals surface area contributed by atoms with Crippen LogP contribution in [0, 0.1) is 17.3 Å². The highest BCUT2D eigenvalue weighted by Gasteiger charge is 2.57. The highest BCUT2D eigenvalue weighted by Crippen LogP contribution is 2.64. The first-order chi connectivity index (χ1) is 21.7. The number of carbonyl (C=O) groups excluding carboxylic acids is 3. The van der Waals surface area contributed by atoms with Crippen molar-refractivity contribution < 1.29 is 29.7 Å². The van der Waals surface area contributed by atoms with E-state index in [0.717, 1.165) is 6.42 Å². The lowest BCUT2D eigenvalue weighted by Gasteiger charge is -2.52. The first kappa shape index (κ1) is 29.2. The molecule has 228 valence electrons.